The van der Waals surface area contributed by atoms with Crippen LogP contribution in [0.25, 0.3) is 11.3 Å². The van der Waals surface area contributed by atoms with E-state index in [4.69, 9.17) is 0 Å². The Hall–Kier alpha value is -1.61. The fourth-order valence-electron chi connectivity index (χ4n) is 1.48. The van der Waals surface area contributed by atoms with Crippen LogP contribution in [-0.2, 0) is 6.54 Å². The van der Waals surface area contributed by atoms with Crippen molar-refractivity contribution in [2.75, 3.05) is 7.05 Å². The summed E-state index contributed by atoms with van der Waals surface area (Å²) in [7, 11) is 1.93. The average Bonchev–Trinajstić information content (AvgIpc) is 2.68. The minimum Gasteiger partial charge on any atom is -0.347 e. The normalized spacial score (nSPS) is 10.4. The lowest BCUT2D eigenvalue weighted by atomic mass is 10.1. The molecule has 0 aliphatic heterocycles. The van der Waals surface area contributed by atoms with Crippen LogP contribution >= 0.6 is 0 Å². The van der Waals surface area contributed by atoms with E-state index in [9.17, 15) is 0 Å². The Bertz CT molecular complexity index is 392. The lowest BCUT2D eigenvalue weighted by molar-refractivity contribution is 0.798. The molecule has 0 saturated carbocycles. The van der Waals surface area contributed by atoms with Gasteiger partial charge in [0.15, 0.2) is 0 Å². The molecule has 0 radical (unpaired) electrons. The largest absolute Gasteiger partial charge is 0.347 e. The molecule has 2 aromatic rings. The van der Waals surface area contributed by atoms with Gasteiger partial charge in [-0.2, -0.15) is 0 Å². The molecule has 2 rings (SSSR count). The van der Waals surface area contributed by atoms with Gasteiger partial charge in [-0.3, -0.25) is 0 Å². The summed E-state index contributed by atoms with van der Waals surface area (Å²) in [4.78, 5) is 7.44. The van der Waals surface area contributed by atoms with Crippen molar-refractivity contribution in [1.29, 1.82) is 0 Å². The summed E-state index contributed by atoms with van der Waals surface area (Å²) < 4.78 is 0. The Balaban J connectivity index is 2.37. The number of H-pyrrole nitrogens is 1. The van der Waals surface area contributed by atoms with Crippen molar-refractivity contribution in [3.05, 3.63) is 42.4 Å². The van der Waals surface area contributed by atoms with Crippen LogP contribution in [0.2, 0.25) is 0 Å². The van der Waals surface area contributed by atoms with Gasteiger partial charge in [0.2, 0.25) is 0 Å². The number of nitrogens with zero attached hydrogens (tertiary/aromatic N) is 1. The topological polar surface area (TPSA) is 40.7 Å². The SMILES string of the molecule is CNCc1[nH]cnc1-c1ccccc1. The van der Waals surface area contributed by atoms with Gasteiger partial charge in [0.1, 0.15) is 0 Å². The van der Waals surface area contributed by atoms with E-state index in [1.54, 1.807) is 6.33 Å². The predicted octanol–water partition coefficient (Wildman–Crippen LogP) is 1.80. The molecule has 0 unspecified atom stereocenters. The third-order valence-electron chi connectivity index (χ3n) is 2.12. The number of aromatic nitrogens is 2. The van der Waals surface area contributed by atoms with Crippen LogP contribution < -0.4 is 5.32 Å². The maximum absolute atomic E-state index is 4.31. The smallest absolute Gasteiger partial charge is 0.0929 e. The zero-order chi connectivity index (χ0) is 9.80. The molecule has 0 aliphatic rings. The van der Waals surface area contributed by atoms with Gasteiger partial charge in [0.05, 0.1) is 17.7 Å². The molecule has 0 atom stereocenters. The third-order valence-corrected chi connectivity index (χ3v) is 2.12. The molecular weight excluding hydrogens is 174 g/mol. The molecule has 0 saturated heterocycles. The minimum atomic E-state index is 0.810. The van der Waals surface area contributed by atoms with E-state index < -0.39 is 0 Å². The number of imidazole rings is 1. The van der Waals surface area contributed by atoms with Crippen molar-refractivity contribution in [2.45, 2.75) is 6.54 Å². The number of nitrogens with one attached hydrogen (secondary N) is 2. The first kappa shape index (κ1) is 8.97. The van der Waals surface area contributed by atoms with Crippen LogP contribution in [0, 0.1) is 0 Å². The van der Waals surface area contributed by atoms with Gasteiger partial charge in [-0.1, -0.05) is 30.3 Å². The van der Waals surface area contributed by atoms with Crippen LogP contribution in [0.4, 0.5) is 0 Å². The van der Waals surface area contributed by atoms with Crippen LogP contribution in [0.1, 0.15) is 5.69 Å². The van der Waals surface area contributed by atoms with Gasteiger partial charge in [0, 0.05) is 12.1 Å². The molecule has 1 aromatic carbocycles. The van der Waals surface area contributed by atoms with Crippen molar-refractivity contribution < 1.29 is 0 Å². The molecule has 0 bridgehead atoms. The molecule has 1 heterocycles. The highest BCUT2D eigenvalue weighted by Crippen LogP contribution is 2.19. The number of hydrogen-bond acceptors (Lipinski definition) is 2. The van der Waals surface area contributed by atoms with E-state index in [2.05, 4.69) is 27.4 Å². The molecule has 2 N–H and O–H groups in total. The quantitative estimate of drug-likeness (QED) is 0.769. The summed E-state index contributed by atoms with van der Waals surface area (Å²) in [5.74, 6) is 0. The summed E-state index contributed by atoms with van der Waals surface area (Å²) in [6, 6.07) is 10.2. The molecule has 3 heteroatoms. The van der Waals surface area contributed by atoms with Crippen molar-refractivity contribution in [3.8, 4) is 11.3 Å². The highest BCUT2D eigenvalue weighted by Gasteiger charge is 2.05. The second-order valence-corrected chi connectivity index (χ2v) is 3.13. The average molecular weight is 187 g/mol. The van der Waals surface area contributed by atoms with Crippen LogP contribution in [0.3, 0.4) is 0 Å². The number of aromatic amines is 1. The van der Waals surface area contributed by atoms with Gasteiger partial charge in [0.25, 0.3) is 0 Å². The van der Waals surface area contributed by atoms with Crippen molar-refractivity contribution in [3.63, 3.8) is 0 Å². The highest BCUT2D eigenvalue weighted by atomic mass is 14.9. The van der Waals surface area contributed by atoms with Crippen LogP contribution in [0.5, 0.6) is 0 Å². The van der Waals surface area contributed by atoms with Gasteiger partial charge < -0.3 is 10.3 Å². The maximum Gasteiger partial charge on any atom is 0.0929 e. The maximum atomic E-state index is 4.31. The van der Waals surface area contributed by atoms with Crippen molar-refractivity contribution in [1.82, 2.24) is 15.3 Å². The Morgan fingerprint density at radius 2 is 2.07 bits per heavy atom. The second kappa shape index (κ2) is 4.07. The molecular formula is C11H13N3. The summed E-state index contributed by atoms with van der Waals surface area (Å²) in [5.41, 5.74) is 3.30. The van der Waals surface area contributed by atoms with Crippen LogP contribution in [0.15, 0.2) is 36.7 Å². The lowest BCUT2D eigenvalue weighted by Crippen LogP contribution is -2.06. The second-order valence-electron chi connectivity index (χ2n) is 3.13. The molecule has 0 amide bonds. The van der Waals surface area contributed by atoms with Gasteiger partial charge in [-0.15, -0.1) is 0 Å². The van der Waals surface area contributed by atoms with E-state index in [1.807, 2.05) is 25.2 Å². The van der Waals surface area contributed by atoms with E-state index in [1.165, 1.54) is 0 Å². The van der Waals surface area contributed by atoms with Crippen LogP contribution in [-0.4, -0.2) is 17.0 Å². The number of rotatable bonds is 3. The van der Waals surface area contributed by atoms with Gasteiger partial charge in [-0.05, 0) is 7.05 Å². The fourth-order valence-corrected chi connectivity index (χ4v) is 1.48. The molecule has 3 nitrogen and oxygen atoms in total. The first-order valence-electron chi connectivity index (χ1n) is 4.64. The van der Waals surface area contributed by atoms with E-state index >= 15 is 0 Å². The fraction of sp³-hybridized carbons (Fsp3) is 0.182. The van der Waals surface area contributed by atoms with E-state index in [0.717, 1.165) is 23.5 Å². The number of benzene rings is 1. The first-order chi connectivity index (χ1) is 6.92. The molecule has 0 aliphatic carbocycles. The summed E-state index contributed by atoms with van der Waals surface area (Å²) in [5, 5.41) is 3.11. The predicted molar refractivity (Wildman–Crippen MR) is 56.8 cm³/mol. The Kier molecular flexibility index (Phi) is 2.60. The zero-order valence-electron chi connectivity index (χ0n) is 8.12. The molecule has 0 fully saturated rings. The summed E-state index contributed by atoms with van der Waals surface area (Å²) in [6.07, 6.45) is 1.73. The monoisotopic (exact) mass is 187 g/mol. The van der Waals surface area contributed by atoms with E-state index in [0.29, 0.717) is 0 Å². The van der Waals surface area contributed by atoms with Crippen molar-refractivity contribution >= 4 is 0 Å². The molecule has 14 heavy (non-hydrogen) atoms. The Morgan fingerprint density at radius 1 is 1.29 bits per heavy atom. The lowest BCUT2D eigenvalue weighted by Gasteiger charge is -2.01. The molecule has 72 valence electrons. The molecule has 1 aromatic heterocycles. The summed E-state index contributed by atoms with van der Waals surface area (Å²) >= 11 is 0. The highest BCUT2D eigenvalue weighted by molar-refractivity contribution is 5.61. The van der Waals surface area contributed by atoms with Gasteiger partial charge in [-0.25, -0.2) is 4.98 Å². The third kappa shape index (κ3) is 1.67. The summed E-state index contributed by atoms with van der Waals surface area (Å²) in [6.45, 7) is 0.810. The Morgan fingerprint density at radius 3 is 2.79 bits per heavy atom. The number of hydrogen-bond donors (Lipinski definition) is 2. The zero-order valence-corrected chi connectivity index (χ0v) is 8.12. The van der Waals surface area contributed by atoms with E-state index in [-0.39, 0.29) is 0 Å². The molecule has 0 spiro atoms. The Labute approximate surface area is 83.2 Å². The van der Waals surface area contributed by atoms with Crippen molar-refractivity contribution in [2.24, 2.45) is 0 Å². The standard InChI is InChI=1S/C11H13N3/c1-12-7-10-11(14-8-13-10)9-5-3-2-4-6-9/h2-6,8,12H,7H2,1H3,(H,13,14). The minimum absolute atomic E-state index is 0.810. The van der Waals surface area contributed by atoms with Gasteiger partial charge >= 0.3 is 0 Å². The first-order valence-corrected chi connectivity index (χ1v) is 4.64.